The molecule has 1 aromatic heterocycles. The number of amidine groups is 1. The Morgan fingerprint density at radius 1 is 1.13 bits per heavy atom. The van der Waals surface area contributed by atoms with Crippen molar-refractivity contribution in [3.8, 4) is 0 Å². The van der Waals surface area contributed by atoms with Crippen molar-refractivity contribution in [3.63, 3.8) is 0 Å². The van der Waals surface area contributed by atoms with E-state index in [4.69, 9.17) is 5.73 Å². The molecule has 0 spiro atoms. The van der Waals surface area contributed by atoms with Crippen LogP contribution in [0, 0.1) is 17.5 Å². The Morgan fingerprint density at radius 2 is 1.80 bits per heavy atom. The third kappa shape index (κ3) is 3.60. The summed E-state index contributed by atoms with van der Waals surface area (Å²) in [6.07, 6.45) is 0.373. The fourth-order valence-corrected chi connectivity index (χ4v) is 4.97. The van der Waals surface area contributed by atoms with Crippen molar-refractivity contribution in [2.75, 3.05) is 5.75 Å². The zero-order chi connectivity index (χ0) is 22.5. The van der Waals surface area contributed by atoms with Gasteiger partial charge in [-0.25, -0.2) is 21.6 Å². The van der Waals surface area contributed by atoms with Gasteiger partial charge in [0.15, 0.2) is 15.6 Å². The second-order valence-electron chi connectivity index (χ2n) is 7.90. The number of benzene rings is 1. The maximum absolute atomic E-state index is 15.3. The van der Waals surface area contributed by atoms with Crippen LogP contribution in [0.2, 0.25) is 0 Å². The highest BCUT2D eigenvalue weighted by Gasteiger charge is 2.50. The summed E-state index contributed by atoms with van der Waals surface area (Å²) in [4.78, 5) is 20.2. The molecule has 3 rings (SSSR count). The summed E-state index contributed by atoms with van der Waals surface area (Å²) in [5.74, 6) is -4.24. The third-order valence-corrected chi connectivity index (χ3v) is 8.01. The van der Waals surface area contributed by atoms with Gasteiger partial charge in [0.2, 0.25) is 0 Å². The first-order valence-electron chi connectivity index (χ1n) is 8.99. The predicted octanol–water partition coefficient (Wildman–Crippen LogP) is 2.70. The summed E-state index contributed by atoms with van der Waals surface area (Å²) in [6, 6.07) is 4.23. The van der Waals surface area contributed by atoms with E-state index in [1.54, 1.807) is 0 Å². The van der Waals surface area contributed by atoms with Gasteiger partial charge in [0.1, 0.15) is 39.3 Å². The predicted molar refractivity (Wildman–Crippen MR) is 105 cm³/mol. The summed E-state index contributed by atoms with van der Waals surface area (Å²) in [5.41, 5.74) is 3.20. The van der Waals surface area contributed by atoms with Gasteiger partial charge >= 0.3 is 0 Å². The molecular weight excluding hydrogens is 419 g/mol. The van der Waals surface area contributed by atoms with Crippen molar-refractivity contribution >= 4 is 21.5 Å². The summed E-state index contributed by atoms with van der Waals surface area (Å²) in [5, 5.41) is 0. The lowest BCUT2D eigenvalue weighted by Crippen LogP contribution is -2.55. The second-order valence-corrected chi connectivity index (χ2v) is 10.4. The van der Waals surface area contributed by atoms with Crippen molar-refractivity contribution in [3.05, 3.63) is 64.7 Å². The molecule has 0 bridgehead atoms. The number of hydrogen-bond donors (Lipinski definition) is 1. The monoisotopic (exact) mass is 439 g/mol. The van der Waals surface area contributed by atoms with E-state index in [0.717, 1.165) is 30.5 Å². The molecule has 0 amide bonds. The number of hydrogen-bond acceptors (Lipinski definition) is 6. The number of sulfone groups is 1. The van der Waals surface area contributed by atoms with Crippen molar-refractivity contribution in [1.82, 2.24) is 4.98 Å². The first-order chi connectivity index (χ1) is 13.8. The Morgan fingerprint density at radius 3 is 2.37 bits per heavy atom. The molecule has 1 aliphatic heterocycles. The van der Waals surface area contributed by atoms with Gasteiger partial charge in [-0.3, -0.25) is 14.8 Å². The van der Waals surface area contributed by atoms with Crippen LogP contribution in [0.25, 0.3) is 0 Å². The maximum Gasteiger partial charge on any atom is 0.185 e. The lowest BCUT2D eigenvalue weighted by molar-refractivity contribution is 0.0986. The SMILES string of the molecule is CC1(C)C(N)=N[C@](C)(c2c(F)ccc(CC(=O)c3ccc(F)cn3)c2F)CS1(=O)=O. The number of pyridine rings is 1. The van der Waals surface area contributed by atoms with Crippen LogP contribution in [-0.2, 0) is 21.8 Å². The number of Topliss-reactive ketones (excluding diaryl/α,β-unsaturated/α-hetero) is 1. The Hall–Kier alpha value is -2.75. The van der Waals surface area contributed by atoms with Gasteiger partial charge in [-0.15, -0.1) is 0 Å². The Bertz CT molecular complexity index is 1160. The number of ketones is 1. The number of rotatable bonds is 4. The molecule has 0 saturated carbocycles. The summed E-state index contributed by atoms with van der Waals surface area (Å²) >= 11 is 0. The number of aromatic nitrogens is 1. The minimum atomic E-state index is -3.88. The molecule has 0 fully saturated rings. The average Bonchev–Trinajstić information content (AvgIpc) is 2.62. The van der Waals surface area contributed by atoms with Crippen LogP contribution in [0.4, 0.5) is 13.2 Å². The van der Waals surface area contributed by atoms with E-state index in [2.05, 4.69) is 9.98 Å². The molecule has 160 valence electrons. The molecule has 0 saturated heterocycles. The van der Waals surface area contributed by atoms with Crippen LogP contribution in [-0.4, -0.2) is 35.5 Å². The van der Waals surface area contributed by atoms with Crippen LogP contribution in [0.3, 0.4) is 0 Å². The van der Waals surface area contributed by atoms with Gasteiger partial charge in [-0.05, 0) is 44.5 Å². The lowest BCUT2D eigenvalue weighted by Gasteiger charge is -2.38. The highest BCUT2D eigenvalue weighted by atomic mass is 32.2. The van der Waals surface area contributed by atoms with E-state index in [1.165, 1.54) is 20.8 Å². The van der Waals surface area contributed by atoms with Crippen LogP contribution >= 0.6 is 0 Å². The fourth-order valence-electron chi connectivity index (χ4n) is 3.30. The highest BCUT2D eigenvalue weighted by molar-refractivity contribution is 7.93. The number of carbonyl (C=O) groups excluding carboxylic acids is 1. The molecule has 6 nitrogen and oxygen atoms in total. The van der Waals surface area contributed by atoms with E-state index in [0.29, 0.717) is 0 Å². The molecular formula is C20H20F3N3O3S. The molecule has 2 aromatic rings. The third-order valence-electron chi connectivity index (χ3n) is 5.31. The molecule has 0 radical (unpaired) electrons. The number of nitrogens with zero attached hydrogens (tertiary/aromatic N) is 2. The van der Waals surface area contributed by atoms with E-state index < -0.39 is 61.1 Å². The maximum atomic E-state index is 15.3. The zero-order valence-electron chi connectivity index (χ0n) is 16.5. The van der Waals surface area contributed by atoms with Crippen LogP contribution < -0.4 is 5.73 Å². The van der Waals surface area contributed by atoms with Gasteiger partial charge in [0.05, 0.1) is 17.5 Å². The molecule has 30 heavy (non-hydrogen) atoms. The minimum Gasteiger partial charge on any atom is -0.386 e. The van der Waals surface area contributed by atoms with Crippen LogP contribution in [0.5, 0.6) is 0 Å². The average molecular weight is 439 g/mol. The number of halogens is 3. The molecule has 1 atom stereocenters. The van der Waals surface area contributed by atoms with Crippen molar-refractivity contribution in [1.29, 1.82) is 0 Å². The minimum absolute atomic E-state index is 0.0860. The van der Waals surface area contributed by atoms with Crippen molar-refractivity contribution in [2.24, 2.45) is 10.7 Å². The van der Waals surface area contributed by atoms with Crippen molar-refractivity contribution < 1.29 is 26.4 Å². The summed E-state index contributed by atoms with van der Waals surface area (Å²) in [6.45, 7) is 4.03. The van der Waals surface area contributed by atoms with Gasteiger partial charge in [0, 0.05) is 6.42 Å². The molecule has 1 aliphatic rings. The molecule has 0 aliphatic carbocycles. The van der Waals surface area contributed by atoms with Gasteiger partial charge in [-0.2, -0.15) is 0 Å². The van der Waals surface area contributed by atoms with E-state index in [9.17, 15) is 22.0 Å². The fraction of sp³-hybridized carbons (Fsp3) is 0.350. The second kappa shape index (κ2) is 7.19. The smallest absolute Gasteiger partial charge is 0.185 e. The van der Waals surface area contributed by atoms with Gasteiger partial charge in [0.25, 0.3) is 0 Å². The van der Waals surface area contributed by atoms with Crippen molar-refractivity contribution in [2.45, 2.75) is 37.5 Å². The molecule has 2 N–H and O–H groups in total. The summed E-state index contributed by atoms with van der Waals surface area (Å²) in [7, 11) is -3.88. The van der Waals surface area contributed by atoms with E-state index in [1.807, 2.05) is 0 Å². The highest BCUT2D eigenvalue weighted by Crippen LogP contribution is 2.39. The standard InChI is InChI=1S/C20H20F3N3O3S/c1-19(2)18(24)26-20(3,10-30(19,28)29)16-13(22)6-4-11(17(16)23)8-15(27)14-7-5-12(21)9-25-14/h4-7,9H,8,10H2,1-3H3,(H2,24,26)/t20-/m0/s1. The number of nitrogens with two attached hydrogens (primary N) is 1. The lowest BCUT2D eigenvalue weighted by atomic mass is 9.90. The van der Waals surface area contributed by atoms with Crippen LogP contribution in [0.1, 0.15) is 42.4 Å². The van der Waals surface area contributed by atoms with Crippen LogP contribution in [0.15, 0.2) is 35.5 Å². The van der Waals surface area contributed by atoms with E-state index in [-0.39, 0.29) is 17.1 Å². The quantitative estimate of drug-likeness (QED) is 0.738. The Labute approximate surface area is 172 Å². The molecule has 0 unspecified atom stereocenters. The first-order valence-corrected chi connectivity index (χ1v) is 10.6. The van der Waals surface area contributed by atoms with Gasteiger partial charge in [-0.1, -0.05) is 6.07 Å². The molecule has 10 heteroatoms. The Balaban J connectivity index is 2.06. The first kappa shape index (κ1) is 21.9. The van der Waals surface area contributed by atoms with E-state index >= 15 is 4.39 Å². The normalized spacial score (nSPS) is 22.4. The number of carbonyl (C=O) groups is 1. The van der Waals surface area contributed by atoms with Gasteiger partial charge < -0.3 is 5.73 Å². The Kier molecular flexibility index (Phi) is 5.26. The summed E-state index contributed by atoms with van der Waals surface area (Å²) < 4.78 is 66.9. The molecule has 1 aromatic carbocycles. The largest absolute Gasteiger partial charge is 0.386 e. The molecule has 2 heterocycles. The zero-order valence-corrected chi connectivity index (χ0v) is 17.4. The topological polar surface area (TPSA) is 102 Å². The number of aliphatic imine (C=N–C) groups is 1.